The van der Waals surface area contributed by atoms with E-state index in [0.717, 1.165) is 22.2 Å². The standard InChI is InChI=1S/C20H24F3N3O/c1-25(2)15-11-9-14(10-12-15)18(26(3)4)13-24-19(27)16-7-5-6-8-17(16)20(21,22)23/h5-12,18H,13H2,1-4H3,(H,24,27)/p+1/t18-/m0/s1. The number of hydrogen-bond donors (Lipinski definition) is 2. The number of quaternary nitrogens is 1. The van der Waals surface area contributed by atoms with Crippen LogP contribution < -0.4 is 15.1 Å². The zero-order valence-corrected chi connectivity index (χ0v) is 15.9. The molecular weight excluding hydrogens is 355 g/mol. The van der Waals surface area contributed by atoms with Crippen LogP contribution in [-0.4, -0.2) is 40.6 Å². The molecule has 0 saturated heterocycles. The van der Waals surface area contributed by atoms with Gasteiger partial charge in [-0.3, -0.25) is 4.79 Å². The molecular formula is C20H25F3N3O+. The van der Waals surface area contributed by atoms with Crippen molar-refractivity contribution < 1.29 is 22.9 Å². The summed E-state index contributed by atoms with van der Waals surface area (Å²) >= 11 is 0. The van der Waals surface area contributed by atoms with Crippen molar-refractivity contribution in [1.82, 2.24) is 5.32 Å². The fourth-order valence-corrected chi connectivity index (χ4v) is 2.88. The van der Waals surface area contributed by atoms with Crippen molar-refractivity contribution in [3.05, 3.63) is 65.2 Å². The highest BCUT2D eigenvalue weighted by atomic mass is 19.4. The molecule has 0 saturated carbocycles. The number of anilines is 1. The Hall–Kier alpha value is -2.54. The highest BCUT2D eigenvalue weighted by Crippen LogP contribution is 2.31. The number of nitrogens with zero attached hydrogens (tertiary/aromatic N) is 1. The average Bonchev–Trinajstić information content (AvgIpc) is 2.61. The van der Waals surface area contributed by atoms with Gasteiger partial charge in [-0.2, -0.15) is 13.2 Å². The van der Waals surface area contributed by atoms with Crippen LogP contribution in [0, 0.1) is 0 Å². The molecule has 4 nitrogen and oxygen atoms in total. The molecule has 1 amide bonds. The van der Waals surface area contributed by atoms with Gasteiger partial charge in [-0.15, -0.1) is 0 Å². The van der Waals surface area contributed by atoms with E-state index >= 15 is 0 Å². The average molecular weight is 380 g/mol. The predicted molar refractivity (Wildman–Crippen MR) is 100 cm³/mol. The molecule has 1 atom stereocenters. The first-order valence-corrected chi connectivity index (χ1v) is 8.63. The Kier molecular flexibility index (Phi) is 6.49. The Labute approximate surface area is 157 Å². The van der Waals surface area contributed by atoms with E-state index in [1.54, 1.807) is 0 Å². The minimum Gasteiger partial charge on any atom is -0.378 e. The highest BCUT2D eigenvalue weighted by Gasteiger charge is 2.35. The van der Waals surface area contributed by atoms with Crippen LogP contribution in [0.15, 0.2) is 48.5 Å². The Morgan fingerprint density at radius 3 is 2.19 bits per heavy atom. The molecule has 27 heavy (non-hydrogen) atoms. The van der Waals surface area contributed by atoms with Crippen LogP contribution in [0.5, 0.6) is 0 Å². The monoisotopic (exact) mass is 380 g/mol. The number of hydrogen-bond acceptors (Lipinski definition) is 2. The van der Waals surface area contributed by atoms with Gasteiger partial charge in [-0.25, -0.2) is 0 Å². The second-order valence-electron chi connectivity index (χ2n) is 6.87. The van der Waals surface area contributed by atoms with Crippen molar-refractivity contribution in [3.8, 4) is 0 Å². The molecule has 146 valence electrons. The number of rotatable bonds is 6. The van der Waals surface area contributed by atoms with Gasteiger partial charge < -0.3 is 15.1 Å². The maximum atomic E-state index is 13.1. The van der Waals surface area contributed by atoms with Gasteiger partial charge in [0.2, 0.25) is 0 Å². The molecule has 2 aromatic carbocycles. The number of carbonyl (C=O) groups excluding carboxylic acids is 1. The lowest BCUT2D eigenvalue weighted by Gasteiger charge is -2.23. The number of carbonyl (C=O) groups is 1. The lowest BCUT2D eigenvalue weighted by Crippen LogP contribution is -3.07. The molecule has 0 unspecified atom stereocenters. The summed E-state index contributed by atoms with van der Waals surface area (Å²) in [6.07, 6.45) is -4.57. The summed E-state index contributed by atoms with van der Waals surface area (Å²) in [7, 11) is 7.78. The fourth-order valence-electron chi connectivity index (χ4n) is 2.88. The van der Waals surface area contributed by atoms with Gasteiger partial charge in [0, 0.05) is 25.3 Å². The largest absolute Gasteiger partial charge is 0.417 e. The van der Waals surface area contributed by atoms with E-state index in [-0.39, 0.29) is 18.2 Å². The van der Waals surface area contributed by atoms with E-state index in [2.05, 4.69) is 5.32 Å². The van der Waals surface area contributed by atoms with Gasteiger partial charge in [0.1, 0.15) is 6.04 Å². The SMILES string of the molecule is CN(C)c1ccc([C@H](CNC(=O)c2ccccc2C(F)(F)F)[NH+](C)C)cc1. The van der Waals surface area contributed by atoms with Crippen molar-refractivity contribution in [1.29, 1.82) is 0 Å². The zero-order chi connectivity index (χ0) is 20.2. The summed E-state index contributed by atoms with van der Waals surface area (Å²) < 4.78 is 39.3. The minimum absolute atomic E-state index is 0.0804. The van der Waals surface area contributed by atoms with Crippen LogP contribution in [0.3, 0.4) is 0 Å². The third-order valence-electron chi connectivity index (χ3n) is 4.45. The first-order chi connectivity index (χ1) is 12.6. The van der Waals surface area contributed by atoms with Crippen LogP contribution in [0.25, 0.3) is 0 Å². The van der Waals surface area contributed by atoms with Crippen molar-refractivity contribution >= 4 is 11.6 Å². The molecule has 0 radical (unpaired) electrons. The first-order valence-electron chi connectivity index (χ1n) is 8.63. The van der Waals surface area contributed by atoms with Crippen molar-refractivity contribution in [2.24, 2.45) is 0 Å². The van der Waals surface area contributed by atoms with Gasteiger partial charge in [-0.1, -0.05) is 24.3 Å². The predicted octanol–water partition coefficient (Wildman–Crippen LogP) is 2.39. The van der Waals surface area contributed by atoms with Crippen LogP contribution in [0.1, 0.15) is 27.5 Å². The number of alkyl halides is 3. The third-order valence-corrected chi connectivity index (χ3v) is 4.45. The Balaban J connectivity index is 2.16. The van der Waals surface area contributed by atoms with Gasteiger partial charge in [0.05, 0.1) is 31.8 Å². The summed E-state index contributed by atoms with van der Waals surface area (Å²) in [5.41, 5.74) is 0.770. The molecule has 7 heteroatoms. The number of likely N-dealkylation sites (N-methyl/N-ethyl adjacent to an activating group) is 1. The molecule has 0 bridgehead atoms. The molecule has 2 N–H and O–H groups in total. The van der Waals surface area contributed by atoms with Crippen LogP contribution >= 0.6 is 0 Å². The summed E-state index contributed by atoms with van der Waals surface area (Å²) in [5.74, 6) is -0.723. The molecule has 0 aliphatic heterocycles. The van der Waals surface area contributed by atoms with E-state index in [4.69, 9.17) is 0 Å². The Morgan fingerprint density at radius 1 is 1.07 bits per heavy atom. The maximum Gasteiger partial charge on any atom is 0.417 e. The quantitative estimate of drug-likeness (QED) is 0.808. The highest BCUT2D eigenvalue weighted by molar-refractivity contribution is 5.95. The van der Waals surface area contributed by atoms with Crippen molar-refractivity contribution in [2.75, 3.05) is 39.6 Å². The molecule has 0 aromatic heterocycles. The maximum absolute atomic E-state index is 13.1. The van der Waals surface area contributed by atoms with Gasteiger partial charge in [-0.05, 0) is 24.3 Å². The minimum atomic E-state index is -4.57. The van der Waals surface area contributed by atoms with Crippen molar-refractivity contribution in [2.45, 2.75) is 12.2 Å². The number of benzene rings is 2. The topological polar surface area (TPSA) is 36.8 Å². The summed E-state index contributed by atoms with van der Waals surface area (Å²) in [5, 5.41) is 2.66. The Morgan fingerprint density at radius 2 is 1.67 bits per heavy atom. The molecule has 0 aliphatic rings. The van der Waals surface area contributed by atoms with Gasteiger partial charge >= 0.3 is 6.18 Å². The zero-order valence-electron chi connectivity index (χ0n) is 15.9. The van der Waals surface area contributed by atoms with E-state index < -0.39 is 17.6 Å². The lowest BCUT2D eigenvalue weighted by atomic mass is 10.0. The smallest absolute Gasteiger partial charge is 0.378 e. The van der Waals surface area contributed by atoms with Crippen LogP contribution in [-0.2, 0) is 6.18 Å². The molecule has 0 heterocycles. The number of nitrogens with one attached hydrogen (secondary N) is 2. The molecule has 0 aliphatic carbocycles. The second-order valence-corrected chi connectivity index (χ2v) is 6.87. The Bertz CT molecular complexity index is 771. The van der Waals surface area contributed by atoms with E-state index in [1.807, 2.05) is 57.4 Å². The summed E-state index contributed by atoms with van der Waals surface area (Å²) in [6, 6.07) is 12.6. The third kappa shape index (κ3) is 5.23. The van der Waals surface area contributed by atoms with Gasteiger partial charge in [0.25, 0.3) is 5.91 Å². The number of halogens is 3. The lowest BCUT2D eigenvalue weighted by molar-refractivity contribution is -0.890. The normalized spacial score (nSPS) is 12.7. The van der Waals surface area contributed by atoms with Crippen LogP contribution in [0.4, 0.5) is 18.9 Å². The van der Waals surface area contributed by atoms with Crippen LogP contribution in [0.2, 0.25) is 0 Å². The second kappa shape index (κ2) is 8.43. The molecule has 2 rings (SSSR count). The molecule has 0 spiro atoms. The summed E-state index contributed by atoms with van der Waals surface area (Å²) in [4.78, 5) is 15.4. The number of amides is 1. The van der Waals surface area contributed by atoms with E-state index in [0.29, 0.717) is 0 Å². The molecule has 2 aromatic rings. The molecule has 0 fully saturated rings. The summed E-state index contributed by atoms with van der Waals surface area (Å²) in [6.45, 7) is 0.231. The van der Waals surface area contributed by atoms with Gasteiger partial charge in [0.15, 0.2) is 0 Å². The van der Waals surface area contributed by atoms with E-state index in [9.17, 15) is 18.0 Å². The fraction of sp³-hybridized carbons (Fsp3) is 0.350. The van der Waals surface area contributed by atoms with Crippen molar-refractivity contribution in [3.63, 3.8) is 0 Å². The van der Waals surface area contributed by atoms with E-state index in [1.165, 1.54) is 18.2 Å². The first kappa shape index (κ1) is 20.8.